The normalized spacial score (nSPS) is 10.9. The first-order valence-corrected chi connectivity index (χ1v) is 9.26. The molecule has 4 rings (SSSR count). The molecule has 0 aliphatic rings. The molecule has 0 radical (unpaired) electrons. The van der Waals surface area contributed by atoms with Crippen LogP contribution in [0.15, 0.2) is 72.8 Å². The lowest BCUT2D eigenvalue weighted by atomic mass is 10.1. The van der Waals surface area contributed by atoms with Crippen LogP contribution in [0.5, 0.6) is 0 Å². The summed E-state index contributed by atoms with van der Waals surface area (Å²) in [4.78, 5) is 4.69. The first kappa shape index (κ1) is 17.7. The molecule has 4 aromatic rings. The summed E-state index contributed by atoms with van der Waals surface area (Å²) in [7, 11) is 0. The van der Waals surface area contributed by atoms with Crippen LogP contribution in [0.2, 0.25) is 10.0 Å². The predicted molar refractivity (Wildman–Crippen MR) is 114 cm³/mol. The van der Waals surface area contributed by atoms with E-state index >= 15 is 0 Å². The fourth-order valence-electron chi connectivity index (χ4n) is 3.19. The first-order valence-electron chi connectivity index (χ1n) is 8.50. The minimum atomic E-state index is 0.440. The second-order valence-electron chi connectivity index (χ2n) is 6.31. The van der Waals surface area contributed by atoms with Crippen molar-refractivity contribution in [2.24, 2.45) is 0 Å². The van der Waals surface area contributed by atoms with Gasteiger partial charge in [0.2, 0.25) is 0 Å². The second-order valence-corrected chi connectivity index (χ2v) is 7.18. The van der Waals surface area contributed by atoms with Crippen molar-refractivity contribution < 1.29 is 0 Å². The lowest BCUT2D eigenvalue weighted by Crippen LogP contribution is -2.03. The van der Waals surface area contributed by atoms with Crippen molar-refractivity contribution in [2.45, 2.75) is 6.92 Å². The Morgan fingerprint density at radius 1 is 0.815 bits per heavy atom. The minimum absolute atomic E-state index is 0.440. The molecule has 27 heavy (non-hydrogen) atoms. The van der Waals surface area contributed by atoms with Gasteiger partial charge in [-0.1, -0.05) is 71.7 Å². The Kier molecular flexibility index (Phi) is 4.65. The highest BCUT2D eigenvalue weighted by Gasteiger charge is 2.21. The van der Waals surface area contributed by atoms with Crippen LogP contribution in [0.1, 0.15) is 5.56 Å². The molecule has 0 unspecified atom stereocenters. The molecule has 0 aliphatic heterocycles. The SMILES string of the molecule is Cc1ccc(Cl)cc1-n1c(-c2ccccc2)nc(N)c1-c1cccc(Cl)c1. The maximum atomic E-state index is 6.38. The molecule has 0 atom stereocenters. The molecule has 1 aromatic heterocycles. The van der Waals surface area contributed by atoms with E-state index < -0.39 is 0 Å². The molecular formula is C22H17Cl2N3. The summed E-state index contributed by atoms with van der Waals surface area (Å²) in [6.45, 7) is 2.04. The number of benzene rings is 3. The highest BCUT2D eigenvalue weighted by molar-refractivity contribution is 6.31. The van der Waals surface area contributed by atoms with Gasteiger partial charge in [0.05, 0.1) is 11.4 Å². The number of anilines is 1. The van der Waals surface area contributed by atoms with Gasteiger partial charge in [-0.05, 0) is 36.8 Å². The quantitative estimate of drug-likeness (QED) is 0.437. The molecule has 134 valence electrons. The van der Waals surface area contributed by atoms with Crippen LogP contribution < -0.4 is 5.73 Å². The molecule has 0 saturated heterocycles. The molecule has 0 fully saturated rings. The van der Waals surface area contributed by atoms with Crippen LogP contribution in [0, 0.1) is 6.92 Å². The second kappa shape index (κ2) is 7.10. The van der Waals surface area contributed by atoms with Crippen molar-refractivity contribution >= 4 is 29.0 Å². The highest BCUT2D eigenvalue weighted by Crippen LogP contribution is 2.37. The third-order valence-electron chi connectivity index (χ3n) is 4.45. The Morgan fingerprint density at radius 3 is 2.26 bits per heavy atom. The predicted octanol–water partition coefficient (Wildman–Crippen LogP) is 6.40. The smallest absolute Gasteiger partial charge is 0.150 e. The summed E-state index contributed by atoms with van der Waals surface area (Å²) in [6.07, 6.45) is 0. The zero-order valence-corrected chi connectivity index (χ0v) is 16.2. The van der Waals surface area contributed by atoms with E-state index in [0.717, 1.165) is 33.9 Å². The number of hydrogen-bond donors (Lipinski definition) is 1. The zero-order valence-electron chi connectivity index (χ0n) is 14.7. The van der Waals surface area contributed by atoms with E-state index in [0.29, 0.717) is 15.9 Å². The molecule has 2 N–H and O–H groups in total. The molecule has 1 heterocycles. The van der Waals surface area contributed by atoms with Gasteiger partial charge >= 0.3 is 0 Å². The summed E-state index contributed by atoms with van der Waals surface area (Å²) >= 11 is 12.5. The van der Waals surface area contributed by atoms with E-state index in [9.17, 15) is 0 Å². The van der Waals surface area contributed by atoms with Gasteiger partial charge in [-0.25, -0.2) is 4.98 Å². The fourth-order valence-corrected chi connectivity index (χ4v) is 3.55. The minimum Gasteiger partial charge on any atom is -0.382 e. The van der Waals surface area contributed by atoms with Crippen molar-refractivity contribution in [3.05, 3.63) is 88.4 Å². The van der Waals surface area contributed by atoms with Crippen molar-refractivity contribution in [2.75, 3.05) is 5.73 Å². The van der Waals surface area contributed by atoms with Crippen molar-refractivity contribution in [3.8, 4) is 28.3 Å². The molecular weight excluding hydrogens is 377 g/mol. The Hall–Kier alpha value is -2.75. The molecule has 0 aliphatic carbocycles. The van der Waals surface area contributed by atoms with E-state index in [2.05, 4.69) is 9.55 Å². The van der Waals surface area contributed by atoms with E-state index in [4.69, 9.17) is 28.9 Å². The molecule has 0 bridgehead atoms. The van der Waals surface area contributed by atoms with Gasteiger partial charge in [-0.3, -0.25) is 4.57 Å². The van der Waals surface area contributed by atoms with Crippen LogP contribution in [0.3, 0.4) is 0 Å². The Balaban J connectivity index is 2.08. The van der Waals surface area contributed by atoms with Gasteiger partial charge in [0.25, 0.3) is 0 Å². The van der Waals surface area contributed by atoms with Gasteiger partial charge in [-0.15, -0.1) is 0 Å². The van der Waals surface area contributed by atoms with Crippen LogP contribution in [0.4, 0.5) is 5.82 Å². The Labute approximate surface area is 168 Å². The summed E-state index contributed by atoms with van der Waals surface area (Å²) in [6, 6.07) is 23.4. The zero-order chi connectivity index (χ0) is 19.0. The van der Waals surface area contributed by atoms with Crippen LogP contribution >= 0.6 is 23.2 Å². The number of aryl methyl sites for hydroxylation is 1. The summed E-state index contributed by atoms with van der Waals surface area (Å²) < 4.78 is 2.05. The van der Waals surface area contributed by atoms with Crippen LogP contribution in [0.25, 0.3) is 28.3 Å². The Bertz CT molecular complexity index is 1120. The topological polar surface area (TPSA) is 43.8 Å². The number of aromatic nitrogens is 2. The van der Waals surface area contributed by atoms with Crippen molar-refractivity contribution in [1.82, 2.24) is 9.55 Å². The number of imidazole rings is 1. The van der Waals surface area contributed by atoms with E-state index in [1.54, 1.807) is 0 Å². The van der Waals surface area contributed by atoms with Gasteiger partial charge in [0.15, 0.2) is 5.82 Å². The number of rotatable bonds is 3. The lowest BCUT2D eigenvalue weighted by molar-refractivity contribution is 1.06. The number of hydrogen-bond acceptors (Lipinski definition) is 2. The average Bonchev–Trinajstić information content (AvgIpc) is 3.01. The van der Waals surface area contributed by atoms with Crippen molar-refractivity contribution in [1.29, 1.82) is 0 Å². The largest absolute Gasteiger partial charge is 0.382 e. The third kappa shape index (κ3) is 3.32. The lowest BCUT2D eigenvalue weighted by Gasteiger charge is -2.15. The third-order valence-corrected chi connectivity index (χ3v) is 4.92. The number of nitrogens with two attached hydrogens (primary N) is 1. The summed E-state index contributed by atoms with van der Waals surface area (Å²) in [5.41, 5.74) is 11.0. The van der Waals surface area contributed by atoms with Gasteiger partial charge < -0.3 is 5.73 Å². The molecule has 3 aromatic carbocycles. The molecule has 3 nitrogen and oxygen atoms in total. The van der Waals surface area contributed by atoms with Gasteiger partial charge in [0.1, 0.15) is 5.82 Å². The fraction of sp³-hybridized carbons (Fsp3) is 0.0455. The average molecular weight is 394 g/mol. The van der Waals surface area contributed by atoms with E-state index in [1.165, 1.54) is 0 Å². The Morgan fingerprint density at radius 2 is 1.52 bits per heavy atom. The molecule has 0 amide bonds. The maximum Gasteiger partial charge on any atom is 0.150 e. The van der Waals surface area contributed by atoms with Gasteiger partial charge in [0, 0.05) is 21.2 Å². The summed E-state index contributed by atoms with van der Waals surface area (Å²) in [5, 5.41) is 1.29. The van der Waals surface area contributed by atoms with Crippen LogP contribution in [-0.4, -0.2) is 9.55 Å². The summed E-state index contributed by atoms with van der Waals surface area (Å²) in [5.74, 6) is 1.20. The number of nitrogen functional groups attached to an aromatic ring is 1. The number of halogens is 2. The van der Waals surface area contributed by atoms with E-state index in [1.807, 2.05) is 79.7 Å². The highest BCUT2D eigenvalue weighted by atomic mass is 35.5. The van der Waals surface area contributed by atoms with Crippen LogP contribution in [-0.2, 0) is 0 Å². The molecule has 0 spiro atoms. The standard InChI is InChI=1S/C22H17Cl2N3/c1-14-10-11-18(24)13-19(14)27-20(16-8-5-9-17(23)12-16)21(25)26-22(27)15-6-3-2-4-7-15/h2-13H,25H2,1H3. The molecule has 0 saturated carbocycles. The maximum absolute atomic E-state index is 6.38. The number of nitrogens with zero attached hydrogens (tertiary/aromatic N) is 2. The van der Waals surface area contributed by atoms with Crippen molar-refractivity contribution in [3.63, 3.8) is 0 Å². The molecule has 5 heteroatoms. The monoisotopic (exact) mass is 393 g/mol. The van der Waals surface area contributed by atoms with Gasteiger partial charge in [-0.2, -0.15) is 0 Å². The first-order chi connectivity index (χ1) is 13.0. The van der Waals surface area contributed by atoms with E-state index in [-0.39, 0.29) is 0 Å².